The number of nitrogens with zero attached hydrogens (tertiary/aromatic N) is 2. The molecule has 1 aromatic carbocycles. The van der Waals surface area contributed by atoms with Gasteiger partial charge >= 0.3 is 0 Å². The molecule has 0 spiro atoms. The van der Waals surface area contributed by atoms with Crippen molar-refractivity contribution in [3.05, 3.63) is 41.0 Å². The van der Waals surface area contributed by atoms with E-state index in [2.05, 4.69) is 21.5 Å². The van der Waals surface area contributed by atoms with Crippen LogP contribution in [0.2, 0.25) is 0 Å². The van der Waals surface area contributed by atoms with E-state index in [0.717, 1.165) is 50.2 Å². The smallest absolute Gasteiger partial charge is 0.285 e. The van der Waals surface area contributed by atoms with Crippen LogP contribution in [0.25, 0.3) is 4.91 Å². The summed E-state index contributed by atoms with van der Waals surface area (Å²) in [5.41, 5.74) is 2.68. The van der Waals surface area contributed by atoms with Crippen LogP contribution in [-0.4, -0.2) is 45.3 Å². The zero-order valence-electron chi connectivity index (χ0n) is 13.7. The van der Waals surface area contributed by atoms with Crippen LogP contribution in [0, 0.1) is 0 Å². The predicted molar refractivity (Wildman–Crippen MR) is 93.8 cm³/mol. The molecule has 1 saturated heterocycles. The number of aryl methyl sites for hydroxylation is 1. The normalized spacial score (nSPS) is 21.3. The second kappa shape index (κ2) is 6.45. The molecule has 1 N–H and O–H groups in total. The molecule has 1 aromatic rings. The standard InChI is InChI=1S/C17H23N3O2S/c1-3-14-5-7-15(8-6-14)16-13(2)17(19-23(16,21)22)20-11-4-9-18-10-12-20/h5-8,18H,3-4,9-12H2,1-2H3. The van der Waals surface area contributed by atoms with Crippen LogP contribution in [0.3, 0.4) is 0 Å². The fraction of sp³-hybridized carbons (Fsp3) is 0.471. The largest absolute Gasteiger partial charge is 0.354 e. The Labute approximate surface area is 138 Å². The van der Waals surface area contributed by atoms with Gasteiger partial charge in [-0.25, -0.2) is 0 Å². The monoisotopic (exact) mass is 333 g/mol. The number of amidine groups is 1. The third kappa shape index (κ3) is 3.19. The molecule has 2 aliphatic heterocycles. The van der Waals surface area contributed by atoms with Crippen LogP contribution >= 0.6 is 0 Å². The number of benzene rings is 1. The zero-order chi connectivity index (χ0) is 16.4. The highest BCUT2D eigenvalue weighted by atomic mass is 32.2. The van der Waals surface area contributed by atoms with Gasteiger partial charge in [-0.1, -0.05) is 31.2 Å². The quantitative estimate of drug-likeness (QED) is 0.899. The molecule has 2 aliphatic rings. The second-order valence-corrected chi connectivity index (χ2v) is 7.53. The number of hydrogen-bond acceptors (Lipinski definition) is 4. The summed E-state index contributed by atoms with van der Waals surface area (Å²) in [5.74, 6) is 0.614. The molecule has 0 radical (unpaired) electrons. The van der Waals surface area contributed by atoms with E-state index in [9.17, 15) is 8.42 Å². The molecule has 0 bridgehead atoms. The second-order valence-electron chi connectivity index (χ2n) is 5.99. The summed E-state index contributed by atoms with van der Waals surface area (Å²) in [6.07, 6.45) is 1.93. The van der Waals surface area contributed by atoms with E-state index in [0.29, 0.717) is 10.7 Å². The maximum Gasteiger partial charge on any atom is 0.285 e. The van der Waals surface area contributed by atoms with Gasteiger partial charge in [0.05, 0.1) is 0 Å². The van der Waals surface area contributed by atoms with Gasteiger partial charge in [0, 0.05) is 25.2 Å². The van der Waals surface area contributed by atoms with Crippen LogP contribution < -0.4 is 5.32 Å². The molecule has 0 amide bonds. The maximum atomic E-state index is 12.6. The minimum Gasteiger partial charge on any atom is -0.354 e. The van der Waals surface area contributed by atoms with Crippen molar-refractivity contribution < 1.29 is 8.42 Å². The molecule has 3 rings (SSSR count). The van der Waals surface area contributed by atoms with E-state index in [1.165, 1.54) is 5.56 Å². The Balaban J connectivity index is 1.98. The van der Waals surface area contributed by atoms with Crippen molar-refractivity contribution in [3.63, 3.8) is 0 Å². The minimum atomic E-state index is -3.61. The minimum absolute atomic E-state index is 0.354. The molecule has 0 aliphatic carbocycles. The van der Waals surface area contributed by atoms with Gasteiger partial charge in [-0.05, 0) is 37.4 Å². The summed E-state index contributed by atoms with van der Waals surface area (Å²) in [5, 5.41) is 3.33. The summed E-state index contributed by atoms with van der Waals surface area (Å²) in [6, 6.07) is 7.74. The first kappa shape index (κ1) is 16.2. The zero-order valence-corrected chi connectivity index (χ0v) is 14.5. The van der Waals surface area contributed by atoms with E-state index >= 15 is 0 Å². The molecule has 0 aromatic heterocycles. The van der Waals surface area contributed by atoms with Gasteiger partial charge in [-0.3, -0.25) is 0 Å². The van der Waals surface area contributed by atoms with Gasteiger partial charge in [0.2, 0.25) is 0 Å². The molecule has 6 heteroatoms. The predicted octanol–water partition coefficient (Wildman–Crippen LogP) is 2.02. The fourth-order valence-corrected chi connectivity index (χ4v) is 4.62. The van der Waals surface area contributed by atoms with Gasteiger partial charge in [0.25, 0.3) is 10.0 Å². The van der Waals surface area contributed by atoms with Crippen LogP contribution in [0.15, 0.2) is 34.2 Å². The summed E-state index contributed by atoms with van der Waals surface area (Å²) < 4.78 is 29.2. The van der Waals surface area contributed by atoms with Crippen LogP contribution in [-0.2, 0) is 16.4 Å². The Morgan fingerprint density at radius 2 is 1.91 bits per heavy atom. The Morgan fingerprint density at radius 1 is 1.17 bits per heavy atom. The van der Waals surface area contributed by atoms with Crippen LogP contribution in [0.1, 0.15) is 31.4 Å². The molecule has 5 nitrogen and oxygen atoms in total. The number of rotatable bonds is 2. The number of sulfonamides is 1. The van der Waals surface area contributed by atoms with E-state index in [1.807, 2.05) is 31.2 Å². The van der Waals surface area contributed by atoms with Crippen molar-refractivity contribution >= 4 is 20.8 Å². The lowest BCUT2D eigenvalue weighted by molar-refractivity contribution is 0.447. The van der Waals surface area contributed by atoms with E-state index in [1.54, 1.807) is 0 Å². The molecular formula is C17H23N3O2S. The Bertz CT molecular complexity index is 741. The molecular weight excluding hydrogens is 310 g/mol. The van der Waals surface area contributed by atoms with E-state index in [-0.39, 0.29) is 0 Å². The summed E-state index contributed by atoms with van der Waals surface area (Å²) in [4.78, 5) is 2.44. The average Bonchev–Trinajstić information content (AvgIpc) is 2.74. The first-order chi connectivity index (χ1) is 11.0. The molecule has 0 unspecified atom stereocenters. The highest BCUT2D eigenvalue weighted by molar-refractivity contribution is 8.00. The van der Waals surface area contributed by atoms with E-state index < -0.39 is 10.0 Å². The highest BCUT2D eigenvalue weighted by Gasteiger charge is 2.33. The molecule has 0 atom stereocenters. The Morgan fingerprint density at radius 3 is 2.61 bits per heavy atom. The lowest BCUT2D eigenvalue weighted by atomic mass is 10.1. The molecule has 1 fully saturated rings. The number of nitrogens with one attached hydrogen (secondary N) is 1. The lowest BCUT2D eigenvalue weighted by Crippen LogP contribution is -2.34. The Hall–Kier alpha value is -1.66. The maximum absolute atomic E-state index is 12.6. The third-order valence-corrected chi connectivity index (χ3v) is 5.88. The van der Waals surface area contributed by atoms with E-state index in [4.69, 9.17) is 0 Å². The van der Waals surface area contributed by atoms with Crippen molar-refractivity contribution in [2.45, 2.75) is 26.7 Å². The Kier molecular flexibility index (Phi) is 4.55. The average molecular weight is 333 g/mol. The first-order valence-corrected chi connectivity index (χ1v) is 9.58. The highest BCUT2D eigenvalue weighted by Crippen LogP contribution is 2.33. The molecule has 23 heavy (non-hydrogen) atoms. The van der Waals surface area contributed by atoms with Gasteiger partial charge in [0.1, 0.15) is 10.7 Å². The van der Waals surface area contributed by atoms with Gasteiger partial charge in [0.15, 0.2) is 0 Å². The topological polar surface area (TPSA) is 61.8 Å². The van der Waals surface area contributed by atoms with Crippen molar-refractivity contribution in [3.8, 4) is 0 Å². The molecule has 124 valence electrons. The van der Waals surface area contributed by atoms with Gasteiger partial charge in [-0.2, -0.15) is 8.42 Å². The molecule has 2 heterocycles. The van der Waals surface area contributed by atoms with Crippen molar-refractivity contribution in [1.82, 2.24) is 10.2 Å². The summed E-state index contributed by atoms with van der Waals surface area (Å²) in [7, 11) is -3.61. The summed E-state index contributed by atoms with van der Waals surface area (Å²) in [6.45, 7) is 7.39. The van der Waals surface area contributed by atoms with Crippen molar-refractivity contribution in [2.75, 3.05) is 26.2 Å². The third-order valence-electron chi connectivity index (χ3n) is 4.40. The van der Waals surface area contributed by atoms with Gasteiger partial charge < -0.3 is 10.2 Å². The SMILES string of the molecule is CCc1ccc(C2=C(C)C(N3CCCNCC3)=NS2(=O)=O)cc1. The van der Waals surface area contributed by atoms with Crippen LogP contribution in [0.4, 0.5) is 0 Å². The van der Waals surface area contributed by atoms with Crippen molar-refractivity contribution in [2.24, 2.45) is 4.40 Å². The van der Waals surface area contributed by atoms with Crippen molar-refractivity contribution in [1.29, 1.82) is 0 Å². The van der Waals surface area contributed by atoms with Crippen LogP contribution in [0.5, 0.6) is 0 Å². The van der Waals surface area contributed by atoms with Gasteiger partial charge in [-0.15, -0.1) is 4.40 Å². The molecule has 0 saturated carbocycles. The first-order valence-electron chi connectivity index (χ1n) is 8.14. The number of hydrogen-bond donors (Lipinski definition) is 1. The lowest BCUT2D eigenvalue weighted by Gasteiger charge is -2.22. The summed E-state index contributed by atoms with van der Waals surface area (Å²) >= 11 is 0. The fourth-order valence-electron chi connectivity index (χ4n) is 3.13.